The van der Waals surface area contributed by atoms with Crippen molar-refractivity contribution in [1.82, 2.24) is 0 Å². The van der Waals surface area contributed by atoms with Gasteiger partial charge in [0, 0.05) is 0 Å². The zero-order valence-electron chi connectivity index (χ0n) is 18.1. The lowest BCUT2D eigenvalue weighted by molar-refractivity contribution is -0.0324. The molecule has 0 amide bonds. The molecule has 0 aromatic heterocycles. The highest BCUT2D eigenvalue weighted by molar-refractivity contribution is 5.40. The quantitative estimate of drug-likeness (QED) is 0.359. The van der Waals surface area contributed by atoms with E-state index in [1.807, 2.05) is 74.5 Å². The van der Waals surface area contributed by atoms with E-state index in [-0.39, 0.29) is 25.8 Å². The molecule has 2 unspecified atom stereocenters. The average molecular weight is 407 g/mol. The van der Waals surface area contributed by atoms with E-state index in [4.69, 9.17) is 18.9 Å². The maximum atomic E-state index is 5.95. The summed E-state index contributed by atoms with van der Waals surface area (Å²) in [5, 5.41) is 0. The second kappa shape index (κ2) is 10.8. The van der Waals surface area contributed by atoms with Crippen LogP contribution >= 0.6 is 0 Å². The van der Waals surface area contributed by atoms with Gasteiger partial charge in [0.05, 0.1) is 12.2 Å². The van der Waals surface area contributed by atoms with Crippen molar-refractivity contribution in [3.05, 3.63) is 95.1 Å². The van der Waals surface area contributed by atoms with Gasteiger partial charge in [-0.3, -0.25) is 0 Å². The van der Waals surface area contributed by atoms with E-state index in [0.717, 1.165) is 22.6 Å². The molecule has 158 valence electrons. The van der Waals surface area contributed by atoms with Gasteiger partial charge in [-0.15, -0.1) is 0 Å². The first-order valence-electron chi connectivity index (χ1n) is 10.2. The van der Waals surface area contributed by atoms with Crippen molar-refractivity contribution in [2.24, 2.45) is 0 Å². The van der Waals surface area contributed by atoms with Gasteiger partial charge in [0.1, 0.15) is 11.5 Å². The van der Waals surface area contributed by atoms with Gasteiger partial charge < -0.3 is 18.9 Å². The largest absolute Gasteiger partial charge is 0.468 e. The van der Waals surface area contributed by atoms with E-state index in [1.165, 1.54) is 11.1 Å². The molecule has 4 nitrogen and oxygen atoms in total. The van der Waals surface area contributed by atoms with Gasteiger partial charge in [-0.25, -0.2) is 0 Å². The Bertz CT molecular complexity index is 836. The van der Waals surface area contributed by atoms with Crippen LogP contribution in [0.4, 0.5) is 0 Å². The topological polar surface area (TPSA) is 36.9 Å². The molecule has 0 aliphatic heterocycles. The molecular weight excluding hydrogens is 376 g/mol. The maximum Gasteiger partial charge on any atom is 0.189 e. The number of ether oxygens (including phenoxy) is 4. The fourth-order valence-corrected chi connectivity index (χ4v) is 3.38. The van der Waals surface area contributed by atoms with Crippen LogP contribution in [0.1, 0.15) is 48.3 Å². The van der Waals surface area contributed by atoms with E-state index in [1.54, 1.807) is 0 Å². The third-order valence-electron chi connectivity index (χ3n) is 5.08. The third-order valence-corrected chi connectivity index (χ3v) is 5.08. The summed E-state index contributed by atoms with van der Waals surface area (Å²) >= 11 is 0. The summed E-state index contributed by atoms with van der Waals surface area (Å²) in [7, 11) is 0. The molecule has 0 N–H and O–H groups in total. The molecule has 30 heavy (non-hydrogen) atoms. The summed E-state index contributed by atoms with van der Waals surface area (Å²) in [6.45, 7) is 8.69. The highest BCUT2D eigenvalue weighted by atomic mass is 16.7. The van der Waals surface area contributed by atoms with E-state index >= 15 is 0 Å². The minimum absolute atomic E-state index is 0.0971. The van der Waals surface area contributed by atoms with Crippen molar-refractivity contribution in [3.63, 3.8) is 0 Å². The smallest absolute Gasteiger partial charge is 0.189 e. The van der Waals surface area contributed by atoms with Gasteiger partial charge in [-0.05, 0) is 68.7 Å². The molecule has 0 fully saturated rings. The fraction of sp³-hybridized carbons (Fsp3) is 0.308. The molecular formula is C26H30O4. The summed E-state index contributed by atoms with van der Waals surface area (Å²) < 4.78 is 23.3. The predicted molar refractivity (Wildman–Crippen MR) is 119 cm³/mol. The summed E-state index contributed by atoms with van der Waals surface area (Å²) in [6, 6.07) is 23.7. The fourth-order valence-electron chi connectivity index (χ4n) is 3.38. The number of para-hydroxylation sites is 2. The van der Waals surface area contributed by atoms with Crippen molar-refractivity contribution in [3.8, 4) is 11.5 Å². The zero-order valence-corrected chi connectivity index (χ0v) is 18.1. The maximum absolute atomic E-state index is 5.95. The van der Waals surface area contributed by atoms with Crippen molar-refractivity contribution in [2.75, 3.05) is 13.6 Å². The number of benzene rings is 3. The second-order valence-corrected chi connectivity index (χ2v) is 7.34. The normalized spacial score (nSPS) is 12.9. The van der Waals surface area contributed by atoms with Gasteiger partial charge in [0.15, 0.2) is 13.6 Å². The Labute approximate surface area is 179 Å². The molecule has 0 aliphatic rings. The van der Waals surface area contributed by atoms with Crippen molar-refractivity contribution in [1.29, 1.82) is 0 Å². The van der Waals surface area contributed by atoms with Crippen LogP contribution < -0.4 is 9.47 Å². The van der Waals surface area contributed by atoms with Crippen LogP contribution in [0.2, 0.25) is 0 Å². The van der Waals surface area contributed by atoms with Gasteiger partial charge in [-0.1, -0.05) is 54.1 Å². The molecule has 0 radical (unpaired) electrons. The number of hydrogen-bond acceptors (Lipinski definition) is 4. The molecule has 0 spiro atoms. The Morgan fingerprint density at radius 3 is 1.43 bits per heavy atom. The Morgan fingerprint density at radius 2 is 1.03 bits per heavy atom. The molecule has 0 bridgehead atoms. The van der Waals surface area contributed by atoms with Crippen LogP contribution in [-0.2, 0) is 9.47 Å². The highest BCUT2D eigenvalue weighted by Crippen LogP contribution is 2.30. The first kappa shape index (κ1) is 21.9. The zero-order chi connectivity index (χ0) is 21.3. The van der Waals surface area contributed by atoms with Crippen molar-refractivity contribution < 1.29 is 18.9 Å². The van der Waals surface area contributed by atoms with Crippen LogP contribution in [0.3, 0.4) is 0 Å². The lowest BCUT2D eigenvalue weighted by Gasteiger charge is -2.22. The highest BCUT2D eigenvalue weighted by Gasteiger charge is 2.17. The summed E-state index contributed by atoms with van der Waals surface area (Å²) in [5.41, 5.74) is 4.62. The van der Waals surface area contributed by atoms with Crippen LogP contribution in [-0.4, -0.2) is 13.6 Å². The molecule has 0 heterocycles. The number of aryl methyl sites for hydroxylation is 1. The molecule has 0 saturated carbocycles. The first-order valence-corrected chi connectivity index (χ1v) is 10.2. The number of rotatable bonds is 10. The Kier molecular flexibility index (Phi) is 7.89. The summed E-state index contributed by atoms with van der Waals surface area (Å²) in [6.07, 6.45) is -0.194. The Morgan fingerprint density at radius 1 is 0.633 bits per heavy atom. The third kappa shape index (κ3) is 6.09. The Balaban J connectivity index is 1.60. The Hall–Kier alpha value is -2.82. The molecule has 0 saturated heterocycles. The molecule has 0 aliphatic carbocycles. The minimum atomic E-state index is -0.0971. The monoisotopic (exact) mass is 406 g/mol. The van der Waals surface area contributed by atoms with Crippen LogP contribution in [0.5, 0.6) is 11.5 Å². The van der Waals surface area contributed by atoms with Crippen molar-refractivity contribution >= 4 is 0 Å². The van der Waals surface area contributed by atoms with E-state index < -0.39 is 0 Å². The van der Waals surface area contributed by atoms with Crippen molar-refractivity contribution in [2.45, 2.75) is 39.9 Å². The SMILES string of the molecule is Cc1cc(C(C)OCOc2ccccc2)c(C)c(C(C)OCOc2ccccc2)c1. The van der Waals surface area contributed by atoms with Gasteiger partial charge in [-0.2, -0.15) is 0 Å². The predicted octanol–water partition coefficient (Wildman–Crippen LogP) is 6.53. The van der Waals surface area contributed by atoms with Gasteiger partial charge in [0.25, 0.3) is 0 Å². The molecule has 4 heteroatoms. The lowest BCUT2D eigenvalue weighted by atomic mass is 9.93. The molecule has 2 atom stereocenters. The van der Waals surface area contributed by atoms with E-state index in [9.17, 15) is 0 Å². The van der Waals surface area contributed by atoms with Crippen LogP contribution in [0.15, 0.2) is 72.8 Å². The second-order valence-electron chi connectivity index (χ2n) is 7.34. The lowest BCUT2D eigenvalue weighted by Crippen LogP contribution is -2.12. The van der Waals surface area contributed by atoms with Crippen LogP contribution in [0, 0.1) is 13.8 Å². The van der Waals surface area contributed by atoms with E-state index in [2.05, 4.69) is 26.0 Å². The van der Waals surface area contributed by atoms with Gasteiger partial charge in [0.2, 0.25) is 0 Å². The summed E-state index contributed by atoms with van der Waals surface area (Å²) in [5.74, 6) is 1.60. The van der Waals surface area contributed by atoms with Gasteiger partial charge >= 0.3 is 0 Å². The molecule has 3 aromatic carbocycles. The molecule has 3 aromatic rings. The standard InChI is InChI=1S/C26H30O4/c1-19-15-25(21(3)27-17-29-23-11-7-5-8-12-23)20(2)26(16-19)22(4)28-18-30-24-13-9-6-10-14-24/h5-16,21-22H,17-18H2,1-4H3. The minimum Gasteiger partial charge on any atom is -0.468 e. The molecule has 3 rings (SSSR count). The first-order chi connectivity index (χ1) is 14.5. The van der Waals surface area contributed by atoms with Crippen LogP contribution in [0.25, 0.3) is 0 Å². The average Bonchev–Trinajstić information content (AvgIpc) is 2.76. The number of hydrogen-bond donors (Lipinski definition) is 0. The van der Waals surface area contributed by atoms with E-state index in [0.29, 0.717) is 0 Å². The summed E-state index contributed by atoms with van der Waals surface area (Å²) in [4.78, 5) is 0.